The average molecular weight is 417 g/mol. The molecule has 0 bridgehead atoms. The fourth-order valence-electron chi connectivity index (χ4n) is 3.45. The Morgan fingerprint density at radius 2 is 1.69 bits per heavy atom. The van der Waals surface area contributed by atoms with Crippen LogP contribution in [0.4, 0.5) is 5.69 Å². The standard InChI is InChI=1S/C22H28N2O4S/c1-3-28-21-13-8-18(16-17(21)2)22(25)23-19-9-11-20(12-10-19)29(26,27)24-14-6-4-5-7-15-24/h8-13,16H,3-7,14-15H2,1-2H3,(H,23,25). The van der Waals surface area contributed by atoms with Crippen molar-refractivity contribution < 1.29 is 17.9 Å². The van der Waals surface area contributed by atoms with Gasteiger partial charge < -0.3 is 10.1 Å². The highest BCUT2D eigenvalue weighted by Crippen LogP contribution is 2.23. The number of hydrogen-bond acceptors (Lipinski definition) is 4. The van der Waals surface area contributed by atoms with Crippen LogP contribution in [-0.2, 0) is 10.0 Å². The van der Waals surface area contributed by atoms with E-state index in [-0.39, 0.29) is 10.8 Å². The van der Waals surface area contributed by atoms with Crippen molar-refractivity contribution in [3.05, 3.63) is 53.6 Å². The number of benzene rings is 2. The summed E-state index contributed by atoms with van der Waals surface area (Å²) >= 11 is 0. The third-order valence-corrected chi connectivity index (χ3v) is 6.96. The first-order chi connectivity index (χ1) is 13.9. The predicted octanol–water partition coefficient (Wildman–Crippen LogP) is 4.21. The molecule has 6 nitrogen and oxygen atoms in total. The molecule has 1 fully saturated rings. The van der Waals surface area contributed by atoms with E-state index in [1.165, 1.54) is 0 Å². The third kappa shape index (κ3) is 5.16. The predicted molar refractivity (Wildman–Crippen MR) is 114 cm³/mol. The van der Waals surface area contributed by atoms with Gasteiger partial charge in [0.05, 0.1) is 11.5 Å². The fraction of sp³-hybridized carbons (Fsp3) is 0.409. The Morgan fingerprint density at radius 3 is 2.28 bits per heavy atom. The number of rotatable bonds is 6. The normalized spacial score (nSPS) is 15.5. The molecule has 2 aromatic carbocycles. The maximum Gasteiger partial charge on any atom is 0.255 e. The van der Waals surface area contributed by atoms with Gasteiger partial charge in [-0.15, -0.1) is 0 Å². The molecule has 1 aliphatic heterocycles. The quantitative estimate of drug-likeness (QED) is 0.765. The minimum absolute atomic E-state index is 0.251. The Kier molecular flexibility index (Phi) is 6.92. The first-order valence-electron chi connectivity index (χ1n) is 10.1. The lowest BCUT2D eigenvalue weighted by Gasteiger charge is -2.20. The first-order valence-corrected chi connectivity index (χ1v) is 11.5. The molecule has 1 heterocycles. The van der Waals surface area contributed by atoms with Crippen LogP contribution in [0, 0.1) is 6.92 Å². The van der Waals surface area contributed by atoms with E-state index in [4.69, 9.17) is 4.74 Å². The van der Waals surface area contributed by atoms with Gasteiger partial charge in [-0.3, -0.25) is 4.79 Å². The largest absolute Gasteiger partial charge is 0.494 e. The lowest BCUT2D eigenvalue weighted by Crippen LogP contribution is -2.31. The Bertz CT molecular complexity index is 947. The van der Waals surface area contributed by atoms with Gasteiger partial charge in [0, 0.05) is 24.3 Å². The lowest BCUT2D eigenvalue weighted by atomic mass is 10.1. The summed E-state index contributed by atoms with van der Waals surface area (Å²) in [6.07, 6.45) is 3.94. The maximum absolute atomic E-state index is 12.8. The van der Waals surface area contributed by atoms with E-state index in [0.29, 0.717) is 30.9 Å². The van der Waals surface area contributed by atoms with Crippen LogP contribution in [0.1, 0.15) is 48.5 Å². The summed E-state index contributed by atoms with van der Waals surface area (Å²) in [5, 5.41) is 2.82. The van der Waals surface area contributed by atoms with Crippen LogP contribution in [-0.4, -0.2) is 38.3 Å². The summed E-state index contributed by atoms with van der Waals surface area (Å²) in [6.45, 7) is 5.51. The summed E-state index contributed by atoms with van der Waals surface area (Å²) in [7, 11) is -3.49. The fourth-order valence-corrected chi connectivity index (χ4v) is 4.97. The molecule has 0 unspecified atom stereocenters. The van der Waals surface area contributed by atoms with E-state index >= 15 is 0 Å². The molecule has 7 heteroatoms. The molecule has 3 rings (SSSR count). The molecule has 156 valence electrons. The molecule has 0 aliphatic carbocycles. The average Bonchev–Trinajstić information content (AvgIpc) is 3.00. The SMILES string of the molecule is CCOc1ccc(C(=O)Nc2ccc(S(=O)(=O)N3CCCCCC3)cc2)cc1C. The molecule has 2 aromatic rings. The number of amides is 1. The summed E-state index contributed by atoms with van der Waals surface area (Å²) in [5.74, 6) is 0.506. The summed E-state index contributed by atoms with van der Waals surface area (Å²) < 4.78 is 32.8. The molecular formula is C22H28N2O4S. The van der Waals surface area contributed by atoms with Crippen molar-refractivity contribution >= 4 is 21.6 Å². The Morgan fingerprint density at radius 1 is 1.03 bits per heavy atom. The van der Waals surface area contributed by atoms with E-state index < -0.39 is 10.0 Å². The van der Waals surface area contributed by atoms with Crippen molar-refractivity contribution in [2.45, 2.75) is 44.4 Å². The molecule has 1 amide bonds. The van der Waals surface area contributed by atoms with Gasteiger partial charge in [-0.25, -0.2) is 8.42 Å². The zero-order valence-electron chi connectivity index (χ0n) is 17.0. The molecule has 0 spiro atoms. The number of carbonyl (C=O) groups excluding carboxylic acids is 1. The van der Waals surface area contributed by atoms with Gasteiger partial charge in [0.15, 0.2) is 0 Å². The van der Waals surface area contributed by atoms with Gasteiger partial charge in [0.1, 0.15) is 5.75 Å². The molecular weight excluding hydrogens is 388 g/mol. The van der Waals surface area contributed by atoms with Gasteiger partial charge in [0.25, 0.3) is 5.91 Å². The van der Waals surface area contributed by atoms with Crippen LogP contribution in [0.3, 0.4) is 0 Å². The smallest absolute Gasteiger partial charge is 0.255 e. The number of aryl methyl sites for hydroxylation is 1. The van der Waals surface area contributed by atoms with Crippen LogP contribution in [0.25, 0.3) is 0 Å². The molecule has 1 saturated heterocycles. The topological polar surface area (TPSA) is 75.7 Å². The minimum atomic E-state index is -3.49. The van der Waals surface area contributed by atoms with Gasteiger partial charge >= 0.3 is 0 Å². The molecule has 0 atom stereocenters. The molecule has 0 saturated carbocycles. The van der Waals surface area contributed by atoms with Crippen LogP contribution in [0.15, 0.2) is 47.4 Å². The maximum atomic E-state index is 12.8. The van der Waals surface area contributed by atoms with E-state index in [0.717, 1.165) is 37.0 Å². The van der Waals surface area contributed by atoms with Gasteiger partial charge in [-0.2, -0.15) is 4.31 Å². The number of carbonyl (C=O) groups is 1. The van der Waals surface area contributed by atoms with E-state index in [2.05, 4.69) is 5.32 Å². The number of anilines is 1. The van der Waals surface area contributed by atoms with Crippen LogP contribution in [0.5, 0.6) is 5.75 Å². The number of ether oxygens (including phenoxy) is 1. The number of nitrogens with zero attached hydrogens (tertiary/aromatic N) is 1. The molecule has 1 aliphatic rings. The summed E-state index contributed by atoms with van der Waals surface area (Å²) in [4.78, 5) is 12.8. The van der Waals surface area contributed by atoms with Crippen molar-refractivity contribution in [1.82, 2.24) is 4.31 Å². The van der Waals surface area contributed by atoms with Gasteiger partial charge in [-0.05, 0) is 74.7 Å². The molecule has 0 radical (unpaired) electrons. The monoisotopic (exact) mass is 416 g/mol. The second-order valence-electron chi connectivity index (χ2n) is 7.21. The van der Waals surface area contributed by atoms with Crippen molar-refractivity contribution in [2.75, 3.05) is 25.0 Å². The Balaban J connectivity index is 1.70. The Hall–Kier alpha value is -2.38. The minimum Gasteiger partial charge on any atom is -0.494 e. The first kappa shape index (κ1) is 21.3. The highest BCUT2D eigenvalue weighted by molar-refractivity contribution is 7.89. The second-order valence-corrected chi connectivity index (χ2v) is 9.15. The molecule has 1 N–H and O–H groups in total. The van der Waals surface area contributed by atoms with Crippen LogP contribution in [0.2, 0.25) is 0 Å². The van der Waals surface area contributed by atoms with Crippen LogP contribution < -0.4 is 10.1 Å². The summed E-state index contributed by atoms with van der Waals surface area (Å²) in [5.41, 5.74) is 1.96. The number of hydrogen-bond donors (Lipinski definition) is 1. The summed E-state index contributed by atoms with van der Waals surface area (Å²) in [6, 6.07) is 11.6. The second kappa shape index (κ2) is 9.41. The lowest BCUT2D eigenvalue weighted by molar-refractivity contribution is 0.102. The zero-order valence-corrected chi connectivity index (χ0v) is 17.8. The van der Waals surface area contributed by atoms with Crippen molar-refractivity contribution in [3.8, 4) is 5.75 Å². The van der Waals surface area contributed by atoms with E-state index in [1.54, 1.807) is 46.8 Å². The van der Waals surface area contributed by atoms with E-state index in [9.17, 15) is 13.2 Å². The highest BCUT2D eigenvalue weighted by atomic mass is 32.2. The van der Waals surface area contributed by atoms with Gasteiger partial charge in [-0.1, -0.05) is 12.8 Å². The number of sulfonamides is 1. The van der Waals surface area contributed by atoms with Crippen molar-refractivity contribution in [1.29, 1.82) is 0 Å². The Labute approximate surface area is 172 Å². The van der Waals surface area contributed by atoms with E-state index in [1.807, 2.05) is 13.8 Å². The van der Waals surface area contributed by atoms with Crippen molar-refractivity contribution in [3.63, 3.8) is 0 Å². The third-order valence-electron chi connectivity index (χ3n) is 5.05. The number of nitrogens with one attached hydrogen (secondary N) is 1. The highest BCUT2D eigenvalue weighted by Gasteiger charge is 2.25. The van der Waals surface area contributed by atoms with Crippen LogP contribution >= 0.6 is 0 Å². The molecule has 29 heavy (non-hydrogen) atoms. The molecule has 0 aromatic heterocycles. The van der Waals surface area contributed by atoms with Crippen molar-refractivity contribution in [2.24, 2.45) is 0 Å². The zero-order chi connectivity index (χ0) is 20.9. The van der Waals surface area contributed by atoms with Gasteiger partial charge in [0.2, 0.25) is 10.0 Å².